The molecule has 0 fully saturated rings. The van der Waals surface area contributed by atoms with Gasteiger partial charge in [0, 0.05) is 17.8 Å². The molecule has 2 aromatic carbocycles. The van der Waals surface area contributed by atoms with Crippen molar-refractivity contribution in [2.75, 3.05) is 32.2 Å². The molecule has 0 spiro atoms. The fourth-order valence-electron chi connectivity index (χ4n) is 2.57. The van der Waals surface area contributed by atoms with Crippen molar-refractivity contribution in [2.24, 2.45) is 0 Å². The zero-order chi connectivity index (χ0) is 20.9. The van der Waals surface area contributed by atoms with Crippen molar-refractivity contribution in [1.29, 1.82) is 0 Å². The molecule has 0 aliphatic carbocycles. The fraction of sp³-hybridized carbons (Fsp3) is 0.250. The molecule has 3 rings (SSSR count). The molecule has 1 aliphatic heterocycles. The van der Waals surface area contributed by atoms with Crippen LogP contribution in [-0.4, -0.2) is 39.0 Å². The minimum Gasteiger partial charge on any atom is -0.493 e. The molecule has 0 bridgehead atoms. The van der Waals surface area contributed by atoms with Crippen LogP contribution in [0.5, 0.6) is 23.0 Å². The predicted molar refractivity (Wildman–Crippen MR) is 99.6 cm³/mol. The summed E-state index contributed by atoms with van der Waals surface area (Å²) in [6.07, 6.45) is -1.60. The van der Waals surface area contributed by atoms with Crippen LogP contribution in [0.3, 0.4) is 0 Å². The van der Waals surface area contributed by atoms with Gasteiger partial charge in [-0.2, -0.15) is 13.2 Å². The van der Waals surface area contributed by atoms with E-state index in [9.17, 15) is 18.0 Å². The van der Waals surface area contributed by atoms with Crippen LogP contribution in [0.2, 0.25) is 0 Å². The number of hydrogen-bond donors (Lipinski definition) is 1. The molecule has 1 N–H and O–H groups in total. The summed E-state index contributed by atoms with van der Waals surface area (Å²) in [6.45, 7) is -0.570. The van der Waals surface area contributed by atoms with Crippen LogP contribution >= 0.6 is 0 Å². The number of hydrogen-bond acceptors (Lipinski definition) is 5. The molecule has 0 aromatic heterocycles. The molecule has 0 unspecified atom stereocenters. The molecule has 154 valence electrons. The lowest BCUT2D eigenvalue weighted by Gasteiger charge is -2.20. The van der Waals surface area contributed by atoms with Gasteiger partial charge < -0.3 is 24.3 Å². The first-order valence-electron chi connectivity index (χ1n) is 8.60. The molecule has 2 aromatic rings. The molecule has 0 atom stereocenters. The number of methoxy groups -OCH3 is 1. The van der Waals surface area contributed by atoms with Crippen molar-refractivity contribution in [2.45, 2.75) is 6.18 Å². The number of amides is 1. The number of halogens is 3. The van der Waals surface area contributed by atoms with E-state index in [2.05, 4.69) is 10.1 Å². The van der Waals surface area contributed by atoms with Gasteiger partial charge >= 0.3 is 6.18 Å². The molecule has 1 heterocycles. The van der Waals surface area contributed by atoms with Gasteiger partial charge in [-0.15, -0.1) is 0 Å². The summed E-state index contributed by atoms with van der Waals surface area (Å²) in [7, 11) is 1.50. The van der Waals surface area contributed by atoms with Crippen LogP contribution < -0.4 is 24.3 Å². The van der Waals surface area contributed by atoms with Crippen molar-refractivity contribution >= 4 is 17.7 Å². The number of alkyl halides is 3. The Bertz CT molecular complexity index is 894. The summed E-state index contributed by atoms with van der Waals surface area (Å²) in [5.41, 5.74) is 0.961. The number of carbonyl (C=O) groups excluding carboxylic acids is 1. The normalized spacial score (nSPS) is 13.2. The predicted octanol–water partition coefficient (Wildman–Crippen LogP) is 4.06. The molecular formula is C20H18F3NO5. The summed E-state index contributed by atoms with van der Waals surface area (Å²) in [5.74, 6) is 1.05. The number of fused-ring (bicyclic) bond motifs is 1. The first-order chi connectivity index (χ1) is 13.8. The molecule has 1 amide bonds. The summed E-state index contributed by atoms with van der Waals surface area (Å²) in [5, 5.41) is 2.57. The summed E-state index contributed by atoms with van der Waals surface area (Å²) in [6, 6.07) is 9.12. The average molecular weight is 409 g/mol. The van der Waals surface area contributed by atoms with E-state index in [4.69, 9.17) is 14.2 Å². The number of nitrogens with one attached hydrogen (secondary N) is 1. The Morgan fingerprint density at radius 3 is 2.76 bits per heavy atom. The van der Waals surface area contributed by atoms with E-state index in [0.717, 1.165) is 0 Å². The van der Waals surface area contributed by atoms with E-state index < -0.39 is 18.7 Å². The van der Waals surface area contributed by atoms with Crippen LogP contribution in [0.1, 0.15) is 5.56 Å². The Morgan fingerprint density at radius 1 is 1.21 bits per heavy atom. The SMILES string of the molecule is COc1cc(/C=C/C(=O)Nc2cccc(OCC(F)(F)F)c2)cc2c1OCCO2. The largest absolute Gasteiger partial charge is 0.493 e. The second-order valence-electron chi connectivity index (χ2n) is 6.00. The van der Waals surface area contributed by atoms with E-state index in [1.165, 1.54) is 31.4 Å². The van der Waals surface area contributed by atoms with Gasteiger partial charge in [0.2, 0.25) is 11.7 Å². The lowest BCUT2D eigenvalue weighted by Crippen LogP contribution is -2.19. The molecule has 1 aliphatic rings. The standard InChI is InChI=1S/C20H18F3NO5/c1-26-16-9-13(10-17-19(16)28-8-7-27-17)5-6-18(25)24-14-3-2-4-15(11-14)29-12-20(21,22)23/h2-6,9-11H,7-8,12H2,1H3,(H,24,25)/b6-5+. The lowest BCUT2D eigenvalue weighted by molar-refractivity contribution is -0.153. The van der Waals surface area contributed by atoms with Crippen molar-refractivity contribution in [1.82, 2.24) is 0 Å². The third kappa shape index (κ3) is 5.81. The van der Waals surface area contributed by atoms with Crippen molar-refractivity contribution in [3.05, 3.63) is 48.0 Å². The summed E-state index contributed by atoms with van der Waals surface area (Å²) >= 11 is 0. The Kier molecular flexibility index (Phi) is 6.16. The number of rotatable bonds is 6. The maximum absolute atomic E-state index is 12.2. The van der Waals surface area contributed by atoms with Gasteiger partial charge in [0.15, 0.2) is 18.1 Å². The number of benzene rings is 2. The van der Waals surface area contributed by atoms with Crippen molar-refractivity contribution in [3.8, 4) is 23.0 Å². The number of ether oxygens (including phenoxy) is 4. The van der Waals surface area contributed by atoms with Crippen LogP contribution in [0, 0.1) is 0 Å². The van der Waals surface area contributed by atoms with Crippen molar-refractivity contribution in [3.63, 3.8) is 0 Å². The third-order valence-corrected chi connectivity index (χ3v) is 3.78. The Balaban J connectivity index is 1.66. The fourth-order valence-corrected chi connectivity index (χ4v) is 2.57. The van der Waals surface area contributed by atoms with Crippen LogP contribution in [-0.2, 0) is 4.79 Å². The quantitative estimate of drug-likeness (QED) is 0.729. The summed E-state index contributed by atoms with van der Waals surface area (Å²) in [4.78, 5) is 12.2. The molecule has 9 heteroatoms. The van der Waals surface area contributed by atoms with Crippen LogP contribution in [0.15, 0.2) is 42.5 Å². The zero-order valence-corrected chi connectivity index (χ0v) is 15.4. The molecular weight excluding hydrogens is 391 g/mol. The Hall–Kier alpha value is -3.36. The van der Waals surface area contributed by atoms with Gasteiger partial charge in [-0.3, -0.25) is 4.79 Å². The first-order valence-corrected chi connectivity index (χ1v) is 8.60. The second kappa shape index (κ2) is 8.76. The number of anilines is 1. The van der Waals surface area contributed by atoms with Crippen molar-refractivity contribution < 1.29 is 36.9 Å². The highest BCUT2D eigenvalue weighted by molar-refractivity contribution is 6.02. The Labute approximate surface area is 164 Å². The average Bonchev–Trinajstić information content (AvgIpc) is 2.70. The highest BCUT2D eigenvalue weighted by atomic mass is 19.4. The lowest BCUT2D eigenvalue weighted by atomic mass is 10.1. The van der Waals surface area contributed by atoms with Gasteiger partial charge in [0.05, 0.1) is 7.11 Å². The molecule has 0 saturated carbocycles. The minimum atomic E-state index is -4.44. The molecule has 0 saturated heterocycles. The minimum absolute atomic E-state index is 0.000627. The van der Waals surface area contributed by atoms with Gasteiger partial charge in [0.1, 0.15) is 19.0 Å². The summed E-state index contributed by atoms with van der Waals surface area (Å²) < 4.78 is 57.7. The second-order valence-corrected chi connectivity index (χ2v) is 6.00. The van der Waals surface area contributed by atoms with E-state index in [1.807, 2.05) is 0 Å². The first kappa shape index (κ1) is 20.4. The smallest absolute Gasteiger partial charge is 0.422 e. The van der Waals surface area contributed by atoms with Crippen LogP contribution in [0.25, 0.3) is 6.08 Å². The highest BCUT2D eigenvalue weighted by Crippen LogP contribution is 2.40. The molecule has 29 heavy (non-hydrogen) atoms. The third-order valence-electron chi connectivity index (χ3n) is 3.78. The maximum atomic E-state index is 12.2. The van der Waals surface area contributed by atoms with E-state index in [0.29, 0.717) is 41.7 Å². The van der Waals surface area contributed by atoms with Gasteiger partial charge in [0.25, 0.3) is 0 Å². The molecule has 6 nitrogen and oxygen atoms in total. The van der Waals surface area contributed by atoms with Crippen LogP contribution in [0.4, 0.5) is 18.9 Å². The highest BCUT2D eigenvalue weighted by Gasteiger charge is 2.28. The van der Waals surface area contributed by atoms with E-state index >= 15 is 0 Å². The topological polar surface area (TPSA) is 66.0 Å². The zero-order valence-electron chi connectivity index (χ0n) is 15.4. The van der Waals surface area contributed by atoms with E-state index in [-0.39, 0.29) is 5.75 Å². The monoisotopic (exact) mass is 409 g/mol. The van der Waals surface area contributed by atoms with E-state index in [1.54, 1.807) is 24.3 Å². The number of carbonyl (C=O) groups is 1. The maximum Gasteiger partial charge on any atom is 0.422 e. The van der Waals surface area contributed by atoms with Gasteiger partial charge in [-0.25, -0.2) is 0 Å². The van der Waals surface area contributed by atoms with Gasteiger partial charge in [-0.1, -0.05) is 6.07 Å². The van der Waals surface area contributed by atoms with Gasteiger partial charge in [-0.05, 0) is 35.9 Å². The Morgan fingerprint density at radius 2 is 2.00 bits per heavy atom. The molecule has 0 radical (unpaired) electrons.